The van der Waals surface area contributed by atoms with Crippen molar-refractivity contribution in [3.8, 4) is 0 Å². The van der Waals surface area contributed by atoms with Crippen molar-refractivity contribution in [3.63, 3.8) is 0 Å². The second-order valence-corrected chi connectivity index (χ2v) is 10.1. The number of hydrogen-bond acceptors (Lipinski definition) is 6. The summed E-state index contributed by atoms with van der Waals surface area (Å²) in [6.07, 6.45) is 1.52. The molecule has 1 aliphatic heterocycles. The first-order chi connectivity index (χ1) is 14.5. The molecule has 2 atom stereocenters. The van der Waals surface area contributed by atoms with E-state index >= 15 is 0 Å². The lowest BCUT2D eigenvalue weighted by molar-refractivity contribution is -0.127. The third-order valence-corrected chi connectivity index (χ3v) is 7.09. The highest BCUT2D eigenvalue weighted by molar-refractivity contribution is 7.12. The van der Waals surface area contributed by atoms with E-state index in [1.165, 1.54) is 16.2 Å². The highest BCUT2D eigenvalue weighted by Crippen LogP contribution is 2.27. The number of rotatable bonds is 9. The quantitative estimate of drug-likeness (QED) is 0.618. The summed E-state index contributed by atoms with van der Waals surface area (Å²) in [5.74, 6) is 0.376. The summed E-state index contributed by atoms with van der Waals surface area (Å²) < 4.78 is 0. The van der Waals surface area contributed by atoms with Gasteiger partial charge in [0.2, 0.25) is 5.91 Å². The van der Waals surface area contributed by atoms with Gasteiger partial charge in [-0.05, 0) is 41.7 Å². The number of nitrogens with two attached hydrogens (primary N) is 1. The summed E-state index contributed by atoms with van der Waals surface area (Å²) in [5, 5.41) is 6.91. The number of carbonyl (C=O) groups is 2. The van der Waals surface area contributed by atoms with Crippen LogP contribution in [0.5, 0.6) is 0 Å². The van der Waals surface area contributed by atoms with Crippen LogP contribution in [0.3, 0.4) is 0 Å². The molecule has 164 valence electrons. The Bertz CT molecular complexity index is 792. The van der Waals surface area contributed by atoms with Gasteiger partial charge in [-0.2, -0.15) is 0 Å². The summed E-state index contributed by atoms with van der Waals surface area (Å²) >= 11 is 3.19. The van der Waals surface area contributed by atoms with E-state index in [0.29, 0.717) is 36.9 Å². The average molecular weight is 449 g/mol. The lowest BCUT2D eigenvalue weighted by atomic mass is 9.93. The molecule has 0 aliphatic carbocycles. The van der Waals surface area contributed by atoms with Gasteiger partial charge in [-0.25, -0.2) is 0 Å². The number of likely N-dealkylation sites (tertiary alicyclic amines) is 1. The average Bonchev–Trinajstić information content (AvgIpc) is 3.44. The monoisotopic (exact) mass is 448 g/mol. The molecule has 0 aromatic carbocycles. The second-order valence-electron chi connectivity index (χ2n) is 8.15. The molecule has 1 aliphatic rings. The Hall–Kier alpha value is -1.74. The number of thiophene rings is 2. The molecule has 1 fully saturated rings. The van der Waals surface area contributed by atoms with Crippen LogP contribution in [0.25, 0.3) is 0 Å². The summed E-state index contributed by atoms with van der Waals surface area (Å²) in [5.41, 5.74) is 5.58. The molecule has 0 bridgehead atoms. The van der Waals surface area contributed by atoms with E-state index in [1.807, 2.05) is 17.5 Å². The molecule has 8 heteroatoms. The highest BCUT2D eigenvalue weighted by atomic mass is 32.1. The standard InChI is InChI=1S/C22H32N4O2S2/c1-16(2)14-25(15-18-5-3-11-29-18)17-7-10-26(22(28)20-6-4-12-30-20)19(13-17)21(27)24-9-8-23/h3-6,11-12,16-17,19H,7-10,13-15,23H2,1-2H3,(H,24,27)/t17?,19-/m1/s1. The molecular formula is C22H32N4O2S2. The maximum absolute atomic E-state index is 13.1. The normalized spacial score (nSPS) is 19.4. The smallest absolute Gasteiger partial charge is 0.264 e. The zero-order valence-electron chi connectivity index (χ0n) is 17.8. The Morgan fingerprint density at radius 3 is 2.67 bits per heavy atom. The third kappa shape index (κ3) is 5.91. The van der Waals surface area contributed by atoms with E-state index in [-0.39, 0.29) is 17.9 Å². The van der Waals surface area contributed by atoms with E-state index in [9.17, 15) is 9.59 Å². The van der Waals surface area contributed by atoms with Crippen molar-refractivity contribution in [3.05, 3.63) is 44.8 Å². The fourth-order valence-corrected chi connectivity index (χ4v) is 5.45. The summed E-state index contributed by atoms with van der Waals surface area (Å²) in [6.45, 7) is 7.70. The zero-order chi connectivity index (χ0) is 21.5. The van der Waals surface area contributed by atoms with Gasteiger partial charge in [0.15, 0.2) is 0 Å². The lowest BCUT2D eigenvalue weighted by Gasteiger charge is -2.43. The van der Waals surface area contributed by atoms with Gasteiger partial charge < -0.3 is 16.0 Å². The van der Waals surface area contributed by atoms with Crippen molar-refractivity contribution in [2.24, 2.45) is 11.7 Å². The van der Waals surface area contributed by atoms with Gasteiger partial charge in [0, 0.05) is 43.6 Å². The van der Waals surface area contributed by atoms with Crippen LogP contribution in [0.15, 0.2) is 35.0 Å². The fraction of sp³-hybridized carbons (Fsp3) is 0.545. The molecule has 3 heterocycles. The first kappa shape index (κ1) is 22.9. The first-order valence-electron chi connectivity index (χ1n) is 10.6. The van der Waals surface area contributed by atoms with Crippen molar-refractivity contribution < 1.29 is 9.59 Å². The minimum absolute atomic E-state index is 0.0509. The number of nitrogens with zero attached hydrogens (tertiary/aromatic N) is 2. The number of hydrogen-bond donors (Lipinski definition) is 2. The number of nitrogens with one attached hydrogen (secondary N) is 1. The van der Waals surface area contributed by atoms with Crippen molar-refractivity contribution in [2.45, 2.75) is 45.3 Å². The van der Waals surface area contributed by atoms with Crippen LogP contribution in [-0.2, 0) is 11.3 Å². The van der Waals surface area contributed by atoms with E-state index in [1.54, 1.807) is 16.2 Å². The van der Waals surface area contributed by atoms with E-state index < -0.39 is 6.04 Å². The van der Waals surface area contributed by atoms with Crippen LogP contribution in [-0.4, -0.2) is 59.9 Å². The minimum Gasteiger partial charge on any atom is -0.353 e. The number of carbonyl (C=O) groups excluding carboxylic acids is 2. The molecule has 0 spiro atoms. The Morgan fingerprint density at radius 2 is 2.03 bits per heavy atom. The van der Waals surface area contributed by atoms with Crippen LogP contribution in [0.1, 0.15) is 41.2 Å². The number of amides is 2. The summed E-state index contributed by atoms with van der Waals surface area (Å²) in [4.78, 5) is 32.3. The van der Waals surface area contributed by atoms with E-state index in [4.69, 9.17) is 5.73 Å². The molecule has 30 heavy (non-hydrogen) atoms. The molecule has 3 rings (SSSR count). The largest absolute Gasteiger partial charge is 0.353 e. The topological polar surface area (TPSA) is 78.7 Å². The SMILES string of the molecule is CC(C)CN(Cc1cccs1)C1CCN(C(=O)c2cccs2)[C@@H](C(=O)NCCN)C1. The molecule has 3 N–H and O–H groups in total. The maximum atomic E-state index is 13.1. The molecule has 2 aromatic heterocycles. The van der Waals surface area contributed by atoms with Crippen LogP contribution in [0.2, 0.25) is 0 Å². The van der Waals surface area contributed by atoms with Gasteiger partial charge in [-0.3, -0.25) is 14.5 Å². The highest BCUT2D eigenvalue weighted by Gasteiger charge is 2.38. The molecule has 6 nitrogen and oxygen atoms in total. The van der Waals surface area contributed by atoms with Crippen molar-refractivity contribution in [2.75, 3.05) is 26.2 Å². The molecule has 1 saturated heterocycles. The predicted octanol–water partition coefficient (Wildman–Crippen LogP) is 3.02. The van der Waals surface area contributed by atoms with Crippen molar-refractivity contribution in [1.29, 1.82) is 0 Å². The minimum atomic E-state index is -0.470. The van der Waals surface area contributed by atoms with Crippen LogP contribution >= 0.6 is 22.7 Å². The molecule has 0 saturated carbocycles. The Kier molecular flexibility index (Phi) is 8.44. The van der Waals surface area contributed by atoms with Crippen LogP contribution in [0, 0.1) is 5.92 Å². The Labute approximate surface area is 187 Å². The van der Waals surface area contributed by atoms with Gasteiger partial charge in [0.25, 0.3) is 5.91 Å². The molecular weight excluding hydrogens is 416 g/mol. The van der Waals surface area contributed by atoms with Gasteiger partial charge >= 0.3 is 0 Å². The molecule has 2 amide bonds. The third-order valence-electron chi connectivity index (χ3n) is 5.37. The molecule has 2 aromatic rings. The van der Waals surface area contributed by atoms with E-state index in [2.05, 4.69) is 41.6 Å². The number of piperidine rings is 1. The summed E-state index contributed by atoms with van der Waals surface area (Å²) in [6, 6.07) is 7.74. The molecule has 0 radical (unpaired) electrons. The summed E-state index contributed by atoms with van der Waals surface area (Å²) in [7, 11) is 0. The lowest BCUT2D eigenvalue weighted by Crippen LogP contribution is -2.57. The molecule has 1 unspecified atom stereocenters. The Balaban J connectivity index is 1.78. The Morgan fingerprint density at radius 1 is 1.27 bits per heavy atom. The van der Waals surface area contributed by atoms with Gasteiger partial charge in [0.1, 0.15) is 6.04 Å². The van der Waals surface area contributed by atoms with Crippen molar-refractivity contribution in [1.82, 2.24) is 15.1 Å². The second kappa shape index (κ2) is 11.0. The van der Waals surface area contributed by atoms with Gasteiger partial charge in [-0.1, -0.05) is 26.0 Å². The maximum Gasteiger partial charge on any atom is 0.264 e. The fourth-order valence-electron chi connectivity index (χ4n) is 4.04. The first-order valence-corrected chi connectivity index (χ1v) is 12.3. The van der Waals surface area contributed by atoms with Crippen molar-refractivity contribution >= 4 is 34.5 Å². The van der Waals surface area contributed by atoms with Gasteiger partial charge in [-0.15, -0.1) is 22.7 Å². The van der Waals surface area contributed by atoms with Crippen LogP contribution in [0.4, 0.5) is 0 Å². The van der Waals surface area contributed by atoms with Crippen LogP contribution < -0.4 is 11.1 Å². The van der Waals surface area contributed by atoms with Gasteiger partial charge in [0.05, 0.1) is 4.88 Å². The van der Waals surface area contributed by atoms with E-state index in [0.717, 1.165) is 19.5 Å². The predicted molar refractivity (Wildman–Crippen MR) is 124 cm³/mol. The zero-order valence-corrected chi connectivity index (χ0v) is 19.4.